The third-order valence-electron chi connectivity index (χ3n) is 2.91. The number of phenols is 1. The lowest BCUT2D eigenvalue weighted by molar-refractivity contribution is -0.120. The van der Waals surface area contributed by atoms with Crippen molar-refractivity contribution in [3.05, 3.63) is 59.7 Å². The van der Waals surface area contributed by atoms with Gasteiger partial charge in [-0.25, -0.2) is 0 Å². The Kier molecular flexibility index (Phi) is 5.06. The average Bonchev–Trinajstić information content (AvgIpc) is 2.50. The van der Waals surface area contributed by atoms with E-state index in [-0.39, 0.29) is 30.3 Å². The monoisotopic (exact) mass is 285 g/mol. The molecule has 0 aromatic heterocycles. The van der Waals surface area contributed by atoms with Crippen molar-refractivity contribution in [3.8, 4) is 11.5 Å². The second-order valence-electron chi connectivity index (χ2n) is 4.41. The first-order valence-electron chi connectivity index (χ1n) is 6.42. The number of carbonyl (C=O) groups excluding carboxylic acids is 2. The van der Waals surface area contributed by atoms with Crippen molar-refractivity contribution in [2.45, 2.75) is 6.54 Å². The van der Waals surface area contributed by atoms with E-state index < -0.39 is 0 Å². The minimum Gasteiger partial charge on any atom is -0.504 e. The van der Waals surface area contributed by atoms with Gasteiger partial charge in [0, 0.05) is 12.1 Å². The van der Waals surface area contributed by atoms with Crippen LogP contribution in [0.15, 0.2) is 48.5 Å². The molecule has 0 fully saturated rings. The third kappa shape index (κ3) is 4.15. The van der Waals surface area contributed by atoms with E-state index in [0.717, 1.165) is 5.56 Å². The standard InChI is InChI=1S/C16H15NO4/c18-11-21-16-8-13(6-7-14(16)19)15(20)10-17-9-12-4-2-1-3-5-12/h1-8,11,17,19H,9-10H2. The van der Waals surface area contributed by atoms with Crippen LogP contribution in [0.5, 0.6) is 11.5 Å². The first-order valence-corrected chi connectivity index (χ1v) is 6.42. The summed E-state index contributed by atoms with van der Waals surface area (Å²) in [6, 6.07) is 13.9. The molecule has 0 spiro atoms. The topological polar surface area (TPSA) is 75.6 Å². The molecule has 0 unspecified atom stereocenters. The first kappa shape index (κ1) is 14.7. The largest absolute Gasteiger partial charge is 0.504 e. The lowest BCUT2D eigenvalue weighted by atomic mass is 10.1. The van der Waals surface area contributed by atoms with Crippen molar-refractivity contribution in [2.75, 3.05) is 6.54 Å². The lowest BCUT2D eigenvalue weighted by Crippen LogP contribution is -2.22. The molecule has 2 rings (SSSR count). The van der Waals surface area contributed by atoms with Gasteiger partial charge in [0.05, 0.1) is 6.54 Å². The quantitative estimate of drug-likeness (QED) is 0.600. The Morgan fingerprint density at radius 3 is 2.67 bits per heavy atom. The Bertz CT molecular complexity index is 625. The van der Waals surface area contributed by atoms with Crippen LogP contribution in [-0.2, 0) is 11.3 Å². The van der Waals surface area contributed by atoms with E-state index in [1.54, 1.807) is 0 Å². The third-order valence-corrected chi connectivity index (χ3v) is 2.91. The van der Waals surface area contributed by atoms with Crippen LogP contribution in [-0.4, -0.2) is 23.9 Å². The van der Waals surface area contributed by atoms with Gasteiger partial charge in [-0.15, -0.1) is 0 Å². The summed E-state index contributed by atoms with van der Waals surface area (Å²) in [4.78, 5) is 22.3. The average molecular weight is 285 g/mol. The van der Waals surface area contributed by atoms with E-state index >= 15 is 0 Å². The van der Waals surface area contributed by atoms with Gasteiger partial charge in [-0.1, -0.05) is 30.3 Å². The normalized spacial score (nSPS) is 10.1. The number of hydrogen-bond acceptors (Lipinski definition) is 5. The summed E-state index contributed by atoms with van der Waals surface area (Å²) >= 11 is 0. The van der Waals surface area contributed by atoms with Crippen LogP contribution < -0.4 is 10.1 Å². The van der Waals surface area contributed by atoms with Crippen molar-refractivity contribution in [1.82, 2.24) is 5.32 Å². The van der Waals surface area contributed by atoms with Crippen molar-refractivity contribution in [3.63, 3.8) is 0 Å². The van der Waals surface area contributed by atoms with Crippen LogP contribution in [0.4, 0.5) is 0 Å². The second kappa shape index (κ2) is 7.21. The van der Waals surface area contributed by atoms with Gasteiger partial charge in [0.2, 0.25) is 0 Å². The van der Waals surface area contributed by atoms with E-state index in [4.69, 9.17) is 0 Å². The predicted octanol–water partition coefficient (Wildman–Crippen LogP) is 1.90. The van der Waals surface area contributed by atoms with Crippen molar-refractivity contribution >= 4 is 12.3 Å². The molecule has 0 saturated heterocycles. The molecule has 0 radical (unpaired) electrons. The summed E-state index contributed by atoms with van der Waals surface area (Å²) in [6.45, 7) is 0.944. The molecule has 5 heteroatoms. The number of carbonyl (C=O) groups is 2. The molecule has 2 aromatic rings. The molecule has 0 saturated carbocycles. The van der Waals surface area contributed by atoms with Crippen molar-refractivity contribution in [2.24, 2.45) is 0 Å². The van der Waals surface area contributed by atoms with E-state index in [1.165, 1.54) is 18.2 Å². The van der Waals surface area contributed by atoms with Crippen molar-refractivity contribution < 1.29 is 19.4 Å². The Morgan fingerprint density at radius 1 is 1.19 bits per heavy atom. The van der Waals surface area contributed by atoms with E-state index in [1.807, 2.05) is 30.3 Å². The number of rotatable bonds is 7. The van der Waals surface area contributed by atoms with E-state index in [9.17, 15) is 14.7 Å². The van der Waals surface area contributed by atoms with Gasteiger partial charge >= 0.3 is 0 Å². The van der Waals surface area contributed by atoms with Gasteiger partial charge in [0.15, 0.2) is 17.3 Å². The van der Waals surface area contributed by atoms with Crippen LogP contribution >= 0.6 is 0 Å². The molecular formula is C16H15NO4. The SMILES string of the molecule is O=COc1cc(C(=O)CNCc2ccccc2)ccc1O. The van der Waals surface area contributed by atoms with Crippen LogP contribution in [0.2, 0.25) is 0 Å². The fraction of sp³-hybridized carbons (Fsp3) is 0.125. The summed E-state index contributed by atoms with van der Waals surface area (Å²) in [5, 5.41) is 12.5. The van der Waals surface area contributed by atoms with Gasteiger partial charge in [-0.3, -0.25) is 9.59 Å². The number of nitrogens with one attached hydrogen (secondary N) is 1. The molecule has 0 aliphatic rings. The van der Waals surface area contributed by atoms with Crippen LogP contribution in [0.3, 0.4) is 0 Å². The van der Waals surface area contributed by atoms with Gasteiger partial charge in [0.25, 0.3) is 6.47 Å². The molecule has 0 bridgehead atoms. The highest BCUT2D eigenvalue weighted by atomic mass is 16.5. The van der Waals surface area contributed by atoms with Gasteiger partial charge in [0.1, 0.15) is 0 Å². The predicted molar refractivity (Wildman–Crippen MR) is 77.3 cm³/mol. The van der Waals surface area contributed by atoms with Gasteiger partial charge in [-0.05, 0) is 23.8 Å². The number of ketones is 1. The van der Waals surface area contributed by atoms with Crippen LogP contribution in [0.1, 0.15) is 15.9 Å². The number of aromatic hydroxyl groups is 1. The Labute approximate surface area is 122 Å². The maximum atomic E-state index is 12.0. The minimum atomic E-state index is -0.184. The summed E-state index contributed by atoms with van der Waals surface area (Å²) < 4.78 is 4.60. The molecule has 0 heterocycles. The Morgan fingerprint density at radius 2 is 1.95 bits per heavy atom. The zero-order valence-electron chi connectivity index (χ0n) is 11.3. The molecule has 0 atom stereocenters. The van der Waals surface area contributed by atoms with Gasteiger partial charge in [-0.2, -0.15) is 0 Å². The van der Waals surface area contributed by atoms with Crippen LogP contribution in [0, 0.1) is 0 Å². The fourth-order valence-corrected chi connectivity index (χ4v) is 1.85. The highest BCUT2D eigenvalue weighted by Gasteiger charge is 2.10. The molecule has 108 valence electrons. The molecule has 2 N–H and O–H groups in total. The molecule has 5 nitrogen and oxygen atoms in total. The maximum Gasteiger partial charge on any atom is 0.298 e. The summed E-state index contributed by atoms with van der Waals surface area (Å²) in [7, 11) is 0. The zero-order valence-corrected chi connectivity index (χ0v) is 11.3. The second-order valence-corrected chi connectivity index (χ2v) is 4.41. The molecule has 21 heavy (non-hydrogen) atoms. The fourth-order valence-electron chi connectivity index (χ4n) is 1.85. The maximum absolute atomic E-state index is 12.0. The molecule has 0 amide bonds. The molecule has 0 aliphatic carbocycles. The van der Waals surface area contributed by atoms with Gasteiger partial charge < -0.3 is 15.2 Å². The van der Waals surface area contributed by atoms with Crippen molar-refractivity contribution in [1.29, 1.82) is 0 Å². The van der Waals surface area contributed by atoms with E-state index in [2.05, 4.69) is 10.1 Å². The molecule has 2 aromatic carbocycles. The molecular weight excluding hydrogens is 270 g/mol. The van der Waals surface area contributed by atoms with E-state index in [0.29, 0.717) is 12.1 Å². The minimum absolute atomic E-state index is 0.0288. The molecule has 0 aliphatic heterocycles. The smallest absolute Gasteiger partial charge is 0.298 e. The Hall–Kier alpha value is -2.66. The highest BCUT2D eigenvalue weighted by Crippen LogP contribution is 2.26. The number of benzene rings is 2. The highest BCUT2D eigenvalue weighted by molar-refractivity contribution is 5.98. The zero-order chi connectivity index (χ0) is 15.1. The summed E-state index contributed by atoms with van der Waals surface area (Å²) in [5.41, 5.74) is 1.45. The lowest BCUT2D eigenvalue weighted by Gasteiger charge is -2.07. The summed E-state index contributed by atoms with van der Waals surface area (Å²) in [6.07, 6.45) is 0. The summed E-state index contributed by atoms with van der Waals surface area (Å²) in [5.74, 6) is -0.364. The Balaban J connectivity index is 1.94. The number of Topliss-reactive ketones (excluding diaryl/α,β-unsaturated/α-hetero) is 1. The van der Waals surface area contributed by atoms with Crippen LogP contribution in [0.25, 0.3) is 0 Å². The number of phenolic OH excluding ortho intramolecular Hbond substituents is 1. The number of hydrogen-bond donors (Lipinski definition) is 2. The first-order chi connectivity index (χ1) is 10.2. The number of ether oxygens (including phenoxy) is 1.